The van der Waals surface area contributed by atoms with E-state index >= 15 is 0 Å². The summed E-state index contributed by atoms with van der Waals surface area (Å²) in [6.45, 7) is 2.20. The van der Waals surface area contributed by atoms with Crippen LogP contribution in [0.3, 0.4) is 0 Å². The molecule has 0 atom stereocenters. The molecule has 8 heteroatoms. The lowest BCUT2D eigenvalue weighted by molar-refractivity contribution is -0.116. The van der Waals surface area contributed by atoms with Crippen molar-refractivity contribution in [2.45, 2.75) is 28.4 Å². The first-order valence-electron chi connectivity index (χ1n) is 7.56. The fourth-order valence-corrected chi connectivity index (χ4v) is 4.87. The number of nitriles is 1. The van der Waals surface area contributed by atoms with Crippen molar-refractivity contribution in [2.24, 2.45) is 0 Å². The van der Waals surface area contributed by atoms with Crippen molar-refractivity contribution in [2.75, 3.05) is 23.0 Å². The van der Waals surface area contributed by atoms with Crippen LogP contribution in [0.4, 0.5) is 5.69 Å². The number of carbonyl (C=O) groups is 1. The molecule has 0 saturated carbocycles. The van der Waals surface area contributed by atoms with Gasteiger partial charge in [0.1, 0.15) is 6.54 Å². The summed E-state index contributed by atoms with van der Waals surface area (Å²) in [4.78, 5) is 13.9. The van der Waals surface area contributed by atoms with Gasteiger partial charge in [-0.05, 0) is 18.6 Å². The molecule has 1 aromatic carbocycles. The zero-order chi connectivity index (χ0) is 17.2. The molecule has 2 rings (SSSR count). The minimum absolute atomic E-state index is 0.0393. The Kier molecular flexibility index (Phi) is 8.08. The number of unbranched alkanes of at least 4 members (excludes halogenated alkanes) is 1. The molecule has 1 heterocycles. The predicted molar refractivity (Wildman–Crippen MR) is 101 cm³/mol. The molecule has 5 nitrogen and oxygen atoms in total. The van der Waals surface area contributed by atoms with Gasteiger partial charge in [0.15, 0.2) is 8.68 Å². The molecule has 0 bridgehead atoms. The molecule has 1 aromatic heterocycles. The molecule has 24 heavy (non-hydrogen) atoms. The maximum Gasteiger partial charge on any atom is 0.238 e. The lowest BCUT2D eigenvalue weighted by Gasteiger charge is -2.19. The maximum absolute atomic E-state index is 12.4. The number of thioether (sulfide) groups is 2. The summed E-state index contributed by atoms with van der Waals surface area (Å²) in [5, 5.41) is 17.2. The fourth-order valence-electron chi connectivity index (χ4n) is 1.82. The summed E-state index contributed by atoms with van der Waals surface area (Å²) in [6, 6.07) is 11.3. The van der Waals surface area contributed by atoms with E-state index in [4.69, 9.17) is 5.26 Å². The Morgan fingerprint density at radius 1 is 1.25 bits per heavy atom. The molecule has 0 radical (unpaired) electrons. The molecule has 0 aliphatic carbocycles. The van der Waals surface area contributed by atoms with Crippen molar-refractivity contribution >= 4 is 46.5 Å². The maximum atomic E-state index is 12.4. The van der Waals surface area contributed by atoms with Crippen molar-refractivity contribution in [3.05, 3.63) is 30.3 Å². The summed E-state index contributed by atoms with van der Waals surface area (Å²) in [6.07, 6.45) is 2.32. The number of nitrogens with zero attached hydrogens (tertiary/aromatic N) is 4. The third kappa shape index (κ3) is 5.82. The first-order valence-corrected chi connectivity index (χ1v) is 10.3. The molecule has 0 spiro atoms. The topological polar surface area (TPSA) is 69.9 Å². The fraction of sp³-hybridized carbons (Fsp3) is 0.375. The van der Waals surface area contributed by atoms with E-state index in [9.17, 15) is 4.79 Å². The van der Waals surface area contributed by atoms with Crippen LogP contribution in [0.15, 0.2) is 39.0 Å². The van der Waals surface area contributed by atoms with Crippen molar-refractivity contribution in [1.82, 2.24) is 10.2 Å². The van der Waals surface area contributed by atoms with Crippen LogP contribution in [0.2, 0.25) is 0 Å². The van der Waals surface area contributed by atoms with Crippen LogP contribution in [-0.2, 0) is 4.79 Å². The normalized spacial score (nSPS) is 10.3. The van der Waals surface area contributed by atoms with Crippen LogP contribution >= 0.6 is 34.9 Å². The number of amides is 1. The van der Waals surface area contributed by atoms with E-state index in [2.05, 4.69) is 17.1 Å². The minimum Gasteiger partial charge on any atom is -0.298 e. The number of hydrogen-bond donors (Lipinski definition) is 0. The van der Waals surface area contributed by atoms with Crippen LogP contribution < -0.4 is 4.90 Å². The minimum atomic E-state index is -0.108. The molecular formula is C16H18N4OS3. The third-order valence-corrected chi connectivity index (χ3v) is 6.29. The first-order chi connectivity index (χ1) is 11.7. The second-order valence-electron chi connectivity index (χ2n) is 4.80. The predicted octanol–water partition coefficient (Wildman–Crippen LogP) is 4.08. The number of aromatic nitrogens is 2. The highest BCUT2D eigenvalue weighted by molar-refractivity contribution is 8.03. The number of anilines is 1. The van der Waals surface area contributed by atoms with Gasteiger partial charge in [0.25, 0.3) is 0 Å². The highest BCUT2D eigenvalue weighted by atomic mass is 32.2. The summed E-state index contributed by atoms with van der Waals surface area (Å²) in [5.74, 6) is 1.17. The molecule has 1 amide bonds. The van der Waals surface area contributed by atoms with Gasteiger partial charge in [-0.3, -0.25) is 9.69 Å². The number of benzene rings is 1. The summed E-state index contributed by atoms with van der Waals surface area (Å²) < 4.78 is 1.72. The monoisotopic (exact) mass is 378 g/mol. The molecule has 0 N–H and O–H groups in total. The van der Waals surface area contributed by atoms with Gasteiger partial charge in [-0.2, -0.15) is 5.26 Å². The smallest absolute Gasteiger partial charge is 0.238 e. The zero-order valence-electron chi connectivity index (χ0n) is 13.3. The molecule has 0 fully saturated rings. The van der Waals surface area contributed by atoms with Crippen molar-refractivity contribution in [3.8, 4) is 6.07 Å². The Balaban J connectivity index is 1.90. The van der Waals surface area contributed by atoms with Gasteiger partial charge in [0.2, 0.25) is 5.91 Å². The standard InChI is InChI=1S/C16H18N4OS3/c1-2-3-11-22-15-18-19-16(24-15)23-12-14(21)20(10-9-17)13-7-5-4-6-8-13/h4-8H,2-3,10-12H2,1H3. The van der Waals surface area contributed by atoms with Crippen molar-refractivity contribution in [3.63, 3.8) is 0 Å². The molecule has 0 unspecified atom stereocenters. The zero-order valence-corrected chi connectivity index (χ0v) is 15.8. The second-order valence-corrected chi connectivity index (χ2v) is 8.34. The van der Waals surface area contributed by atoms with Gasteiger partial charge in [-0.1, -0.05) is 66.4 Å². The van der Waals surface area contributed by atoms with E-state index in [1.54, 1.807) is 11.8 Å². The van der Waals surface area contributed by atoms with Crippen LogP contribution in [0.1, 0.15) is 19.8 Å². The Bertz CT molecular complexity index is 684. The van der Waals surface area contributed by atoms with Gasteiger partial charge >= 0.3 is 0 Å². The highest BCUT2D eigenvalue weighted by Gasteiger charge is 2.16. The Labute approximate surface area is 154 Å². The number of hydrogen-bond acceptors (Lipinski definition) is 7. The van der Waals surface area contributed by atoms with Crippen LogP contribution in [0, 0.1) is 11.3 Å². The SMILES string of the molecule is CCCCSc1nnc(SCC(=O)N(CC#N)c2ccccc2)s1. The van der Waals surface area contributed by atoms with Gasteiger partial charge < -0.3 is 0 Å². The average Bonchev–Trinajstić information content (AvgIpc) is 3.06. The number of rotatable bonds is 9. The second kappa shape index (κ2) is 10.3. The van der Waals surface area contributed by atoms with Gasteiger partial charge in [0.05, 0.1) is 11.8 Å². The third-order valence-electron chi connectivity index (χ3n) is 3.03. The van der Waals surface area contributed by atoms with Gasteiger partial charge in [-0.25, -0.2) is 0 Å². The quantitative estimate of drug-likeness (QED) is 0.372. The number of para-hydroxylation sites is 1. The summed E-state index contributed by atoms with van der Waals surface area (Å²) in [7, 11) is 0. The van der Waals surface area contributed by atoms with Gasteiger partial charge in [0, 0.05) is 11.4 Å². The van der Waals surface area contributed by atoms with Crippen LogP contribution in [0.5, 0.6) is 0 Å². The number of carbonyl (C=O) groups excluding carboxylic acids is 1. The van der Waals surface area contributed by atoms with E-state index in [0.29, 0.717) is 0 Å². The molecule has 2 aromatic rings. The lowest BCUT2D eigenvalue weighted by Crippen LogP contribution is -2.32. The molecule has 0 saturated heterocycles. The van der Waals surface area contributed by atoms with E-state index in [1.165, 1.54) is 28.0 Å². The van der Waals surface area contributed by atoms with Crippen LogP contribution in [0.25, 0.3) is 0 Å². The van der Waals surface area contributed by atoms with Gasteiger partial charge in [-0.15, -0.1) is 10.2 Å². The van der Waals surface area contributed by atoms with Crippen LogP contribution in [-0.4, -0.2) is 34.2 Å². The lowest BCUT2D eigenvalue weighted by atomic mass is 10.3. The first kappa shape index (κ1) is 18.8. The van der Waals surface area contributed by atoms with E-state index in [-0.39, 0.29) is 18.2 Å². The van der Waals surface area contributed by atoms with Crippen molar-refractivity contribution < 1.29 is 4.79 Å². The summed E-state index contributed by atoms with van der Waals surface area (Å²) >= 11 is 4.59. The van der Waals surface area contributed by atoms with E-state index in [0.717, 1.165) is 33.0 Å². The molecule has 0 aliphatic heterocycles. The molecular weight excluding hydrogens is 360 g/mol. The summed E-state index contributed by atoms with van der Waals surface area (Å²) in [5.41, 5.74) is 0.734. The largest absolute Gasteiger partial charge is 0.298 e. The Morgan fingerprint density at radius 2 is 1.96 bits per heavy atom. The molecule has 0 aliphatic rings. The van der Waals surface area contributed by atoms with Crippen molar-refractivity contribution in [1.29, 1.82) is 5.26 Å². The Morgan fingerprint density at radius 3 is 2.62 bits per heavy atom. The average molecular weight is 379 g/mol. The van der Waals surface area contributed by atoms with E-state index < -0.39 is 0 Å². The Hall–Kier alpha value is -1.56. The van der Waals surface area contributed by atoms with E-state index in [1.807, 2.05) is 36.4 Å². The highest BCUT2D eigenvalue weighted by Crippen LogP contribution is 2.29. The molecule has 126 valence electrons.